The number of halogens is 3. The Balaban J connectivity index is 2.42. The van der Waals surface area contributed by atoms with Crippen LogP contribution in [0, 0.1) is 17.5 Å². The highest BCUT2D eigenvalue weighted by Gasteiger charge is 2.44. The van der Waals surface area contributed by atoms with Gasteiger partial charge in [-0.3, -0.25) is 0 Å². The molecule has 7 heteroatoms. The molecule has 2 aromatic rings. The zero-order chi connectivity index (χ0) is 19.5. The Kier molecular flexibility index (Phi) is 6.62. The van der Waals surface area contributed by atoms with Crippen LogP contribution < -0.4 is 5.19 Å². The lowest BCUT2D eigenvalue weighted by molar-refractivity contribution is 0.0456. The van der Waals surface area contributed by atoms with Gasteiger partial charge in [0.25, 0.3) is 0 Å². The largest absolute Gasteiger partial charge is 0.537 e. The van der Waals surface area contributed by atoms with E-state index in [1.807, 2.05) is 27.7 Å². The van der Waals surface area contributed by atoms with Crippen molar-refractivity contribution in [3.8, 4) is 11.1 Å². The average Bonchev–Trinajstić information content (AvgIpc) is 2.57. The van der Waals surface area contributed by atoms with Crippen molar-refractivity contribution < 1.29 is 26.4 Å². The highest BCUT2D eigenvalue weighted by Crippen LogP contribution is 2.24. The zero-order valence-corrected chi connectivity index (χ0v) is 16.5. The second kappa shape index (κ2) is 8.35. The number of rotatable bonds is 7. The third-order valence-electron chi connectivity index (χ3n) is 3.61. The van der Waals surface area contributed by atoms with E-state index in [0.717, 1.165) is 17.3 Å². The molecule has 0 aliphatic rings. The summed E-state index contributed by atoms with van der Waals surface area (Å²) in [5.74, 6) is -3.93. The molecule has 2 aromatic carbocycles. The van der Waals surface area contributed by atoms with Crippen LogP contribution in [-0.2, 0) is 13.3 Å². The van der Waals surface area contributed by atoms with E-state index in [-0.39, 0.29) is 17.8 Å². The van der Waals surface area contributed by atoms with Crippen molar-refractivity contribution in [3.63, 3.8) is 0 Å². The van der Waals surface area contributed by atoms with Crippen LogP contribution in [0.15, 0.2) is 36.4 Å². The van der Waals surface area contributed by atoms with Gasteiger partial charge in [-0.05, 0) is 51.0 Å². The van der Waals surface area contributed by atoms with Gasteiger partial charge in [-0.25, -0.2) is 13.2 Å². The van der Waals surface area contributed by atoms with Crippen LogP contribution in [0.25, 0.3) is 11.1 Å². The molecular formula is C19H23F3O3Si. The summed E-state index contributed by atoms with van der Waals surface area (Å²) >= 11 is 0. The molecule has 0 bridgehead atoms. The zero-order valence-electron chi connectivity index (χ0n) is 15.5. The fourth-order valence-electron chi connectivity index (χ4n) is 2.59. The van der Waals surface area contributed by atoms with E-state index >= 15 is 0 Å². The molecule has 0 atom stereocenters. The van der Waals surface area contributed by atoms with E-state index < -0.39 is 26.3 Å². The fourth-order valence-corrected chi connectivity index (χ4v) is 5.16. The van der Waals surface area contributed by atoms with Gasteiger partial charge in [0.15, 0.2) is 17.5 Å². The van der Waals surface area contributed by atoms with Gasteiger partial charge in [0.05, 0.1) is 0 Å². The Morgan fingerprint density at radius 1 is 0.769 bits per heavy atom. The minimum Gasteiger partial charge on any atom is -0.373 e. The lowest BCUT2D eigenvalue weighted by Gasteiger charge is -2.32. The SMILES string of the molecule is CO[Si](OC(C)C)(OC(C)C)c1ccc(-c2cc(F)c(F)c(F)c2)cc1. The molecule has 3 nitrogen and oxygen atoms in total. The van der Waals surface area contributed by atoms with Gasteiger partial charge in [-0.1, -0.05) is 24.3 Å². The molecule has 0 fully saturated rings. The molecule has 0 aliphatic heterocycles. The summed E-state index contributed by atoms with van der Waals surface area (Å²) < 4.78 is 57.8. The lowest BCUT2D eigenvalue weighted by Crippen LogP contribution is -2.58. The molecule has 0 N–H and O–H groups in total. The van der Waals surface area contributed by atoms with Gasteiger partial charge < -0.3 is 13.3 Å². The summed E-state index contributed by atoms with van der Waals surface area (Å²) in [5, 5.41) is 0.731. The molecule has 0 spiro atoms. The summed E-state index contributed by atoms with van der Waals surface area (Å²) in [5.41, 5.74) is 0.784. The molecule has 0 amide bonds. The first-order chi connectivity index (χ1) is 12.2. The topological polar surface area (TPSA) is 27.7 Å². The number of benzene rings is 2. The predicted molar refractivity (Wildman–Crippen MR) is 96.6 cm³/mol. The lowest BCUT2D eigenvalue weighted by atomic mass is 10.1. The summed E-state index contributed by atoms with van der Waals surface area (Å²) in [6.07, 6.45) is -0.222. The normalized spacial score (nSPS) is 12.2. The van der Waals surface area contributed by atoms with Crippen molar-refractivity contribution in [2.75, 3.05) is 7.11 Å². The van der Waals surface area contributed by atoms with E-state index in [9.17, 15) is 13.2 Å². The number of hydrogen-bond acceptors (Lipinski definition) is 3. The monoisotopic (exact) mass is 384 g/mol. The van der Waals surface area contributed by atoms with E-state index in [1.54, 1.807) is 24.3 Å². The molecule has 142 valence electrons. The van der Waals surface area contributed by atoms with Crippen molar-refractivity contribution >= 4 is 14.0 Å². The maximum absolute atomic E-state index is 13.5. The first-order valence-corrected chi connectivity index (χ1v) is 10.1. The maximum atomic E-state index is 13.5. The van der Waals surface area contributed by atoms with Crippen LogP contribution in [0.5, 0.6) is 0 Å². The molecule has 0 radical (unpaired) electrons. The van der Waals surface area contributed by atoms with Gasteiger partial charge in [0.2, 0.25) is 0 Å². The summed E-state index contributed by atoms with van der Waals surface area (Å²) in [6.45, 7) is 7.57. The summed E-state index contributed by atoms with van der Waals surface area (Å²) in [6, 6.07) is 8.77. The molecule has 26 heavy (non-hydrogen) atoms. The van der Waals surface area contributed by atoms with Crippen LogP contribution in [0.4, 0.5) is 13.2 Å². The van der Waals surface area contributed by atoms with Gasteiger partial charge in [-0.2, -0.15) is 0 Å². The smallest absolute Gasteiger partial charge is 0.373 e. The summed E-state index contributed by atoms with van der Waals surface area (Å²) in [7, 11) is -1.60. The van der Waals surface area contributed by atoms with E-state index in [1.165, 1.54) is 7.11 Å². The highest BCUT2D eigenvalue weighted by molar-refractivity contribution is 6.75. The number of hydrogen-bond donors (Lipinski definition) is 0. The Labute approximate surface area is 153 Å². The van der Waals surface area contributed by atoms with Gasteiger partial charge >= 0.3 is 8.80 Å². The molecule has 2 rings (SSSR count). The van der Waals surface area contributed by atoms with Crippen molar-refractivity contribution in [2.45, 2.75) is 39.9 Å². The minimum atomic E-state index is -3.13. The van der Waals surface area contributed by atoms with E-state index in [2.05, 4.69) is 0 Å². The fraction of sp³-hybridized carbons (Fsp3) is 0.368. The molecule has 0 saturated carbocycles. The van der Waals surface area contributed by atoms with Crippen molar-refractivity contribution in [2.24, 2.45) is 0 Å². The third kappa shape index (κ3) is 4.53. The Hall–Kier alpha value is -1.67. The Bertz CT molecular complexity index is 715. The summed E-state index contributed by atoms with van der Waals surface area (Å²) in [4.78, 5) is 0. The van der Waals surface area contributed by atoms with Gasteiger partial charge in [0.1, 0.15) is 0 Å². The van der Waals surface area contributed by atoms with Crippen LogP contribution in [-0.4, -0.2) is 28.1 Å². The van der Waals surface area contributed by atoms with Crippen molar-refractivity contribution in [3.05, 3.63) is 53.8 Å². The maximum Gasteiger partial charge on any atom is 0.537 e. The molecule has 0 heterocycles. The minimum absolute atomic E-state index is 0.111. The first-order valence-electron chi connectivity index (χ1n) is 8.34. The standard InChI is InChI=1S/C19H23F3O3Si/c1-12(2)24-26(23-5,25-13(3)4)16-8-6-14(7-9-16)15-10-17(20)19(22)18(21)11-15/h6-13H,1-5H3. The molecule has 0 unspecified atom stereocenters. The quantitative estimate of drug-likeness (QED) is 0.523. The van der Waals surface area contributed by atoms with Crippen LogP contribution in [0.1, 0.15) is 27.7 Å². The first kappa shape index (κ1) is 20.6. The van der Waals surface area contributed by atoms with E-state index in [4.69, 9.17) is 13.3 Å². The highest BCUT2D eigenvalue weighted by atomic mass is 28.4. The Morgan fingerprint density at radius 2 is 1.23 bits per heavy atom. The van der Waals surface area contributed by atoms with Gasteiger partial charge in [-0.15, -0.1) is 0 Å². The third-order valence-corrected chi connectivity index (χ3v) is 6.75. The second-order valence-corrected chi connectivity index (χ2v) is 8.99. The van der Waals surface area contributed by atoms with Crippen LogP contribution in [0.3, 0.4) is 0 Å². The predicted octanol–water partition coefficient (Wildman–Crippen LogP) is 4.41. The van der Waals surface area contributed by atoms with Crippen LogP contribution in [0.2, 0.25) is 0 Å². The van der Waals surface area contributed by atoms with E-state index in [0.29, 0.717) is 5.56 Å². The molecule has 0 saturated heterocycles. The second-order valence-electron chi connectivity index (χ2n) is 6.42. The van der Waals surface area contributed by atoms with Crippen molar-refractivity contribution in [1.82, 2.24) is 0 Å². The van der Waals surface area contributed by atoms with Crippen molar-refractivity contribution in [1.29, 1.82) is 0 Å². The van der Waals surface area contributed by atoms with Crippen LogP contribution >= 0.6 is 0 Å². The van der Waals surface area contributed by atoms with Gasteiger partial charge in [0, 0.05) is 24.5 Å². The molecule has 0 aliphatic carbocycles. The average molecular weight is 384 g/mol. The molecular weight excluding hydrogens is 361 g/mol. The Morgan fingerprint density at radius 3 is 1.62 bits per heavy atom. The molecule has 0 aromatic heterocycles.